The molecule has 1 heterocycles. The Balaban J connectivity index is 1.73. The second-order valence-electron chi connectivity index (χ2n) is 6.09. The molecule has 0 radical (unpaired) electrons. The van der Waals surface area contributed by atoms with Gasteiger partial charge in [0.1, 0.15) is 18.8 Å². The van der Waals surface area contributed by atoms with Crippen LogP contribution in [0.2, 0.25) is 5.02 Å². The second-order valence-corrected chi connectivity index (χ2v) is 6.50. The molecule has 154 valence electrons. The van der Waals surface area contributed by atoms with Crippen LogP contribution in [-0.2, 0) is 6.42 Å². The molecule has 1 N–H and O–H groups in total. The maximum absolute atomic E-state index is 12.5. The Bertz CT molecular complexity index is 949. The van der Waals surface area contributed by atoms with Gasteiger partial charge in [0, 0.05) is 12.6 Å². The topological polar surface area (TPSA) is 109 Å². The van der Waals surface area contributed by atoms with Gasteiger partial charge >= 0.3 is 0 Å². The smallest absolute Gasteiger partial charge is 0.286 e. The highest BCUT2D eigenvalue weighted by molar-refractivity contribution is 6.32. The van der Waals surface area contributed by atoms with Crippen molar-refractivity contribution in [2.45, 2.75) is 6.42 Å². The van der Waals surface area contributed by atoms with E-state index in [9.17, 15) is 14.9 Å². The van der Waals surface area contributed by atoms with Crippen LogP contribution in [0.3, 0.4) is 0 Å². The van der Waals surface area contributed by atoms with Crippen LogP contribution < -0.4 is 24.3 Å². The van der Waals surface area contributed by atoms with Crippen molar-refractivity contribution in [3.63, 3.8) is 0 Å². The standard InChI is InChI=1S/C19H19ClN2O7/c1-26-15-9-12(14(22(24)25)10-16(15)27-2)19(23)21-4-3-11-7-13(20)18-17(8-11)28-5-6-29-18/h7-10H,3-6H2,1-2H3,(H,21,23). The number of rotatable bonds is 7. The Morgan fingerprint density at radius 3 is 2.55 bits per heavy atom. The minimum atomic E-state index is -0.641. The molecule has 0 aliphatic carbocycles. The number of nitro groups is 1. The molecule has 0 spiro atoms. The Morgan fingerprint density at radius 1 is 1.17 bits per heavy atom. The molecule has 0 aromatic heterocycles. The number of methoxy groups -OCH3 is 2. The van der Waals surface area contributed by atoms with Crippen molar-refractivity contribution in [3.8, 4) is 23.0 Å². The summed E-state index contributed by atoms with van der Waals surface area (Å²) >= 11 is 6.21. The van der Waals surface area contributed by atoms with Crippen molar-refractivity contribution >= 4 is 23.2 Å². The van der Waals surface area contributed by atoms with Crippen LogP contribution in [-0.4, -0.2) is 44.8 Å². The number of ether oxygens (including phenoxy) is 4. The lowest BCUT2D eigenvalue weighted by Gasteiger charge is -2.20. The maximum atomic E-state index is 12.5. The number of benzene rings is 2. The lowest BCUT2D eigenvalue weighted by Crippen LogP contribution is -2.26. The number of nitro benzene ring substituents is 1. The average Bonchev–Trinajstić information content (AvgIpc) is 2.72. The van der Waals surface area contributed by atoms with E-state index < -0.39 is 10.8 Å². The SMILES string of the molecule is COc1cc(C(=O)NCCc2cc(Cl)c3c(c2)OCCO3)c([N+](=O)[O-])cc1OC. The number of halogens is 1. The highest BCUT2D eigenvalue weighted by Crippen LogP contribution is 2.38. The van der Waals surface area contributed by atoms with Gasteiger partial charge in [0.05, 0.1) is 30.2 Å². The van der Waals surface area contributed by atoms with Gasteiger partial charge in [0.15, 0.2) is 23.0 Å². The van der Waals surface area contributed by atoms with Crippen LogP contribution in [0.4, 0.5) is 5.69 Å². The third-order valence-electron chi connectivity index (χ3n) is 4.30. The number of hydrogen-bond acceptors (Lipinski definition) is 7. The fourth-order valence-corrected chi connectivity index (χ4v) is 3.21. The molecular formula is C19H19ClN2O7. The molecule has 0 atom stereocenters. The van der Waals surface area contributed by atoms with Crippen LogP contribution in [0.1, 0.15) is 15.9 Å². The normalized spacial score (nSPS) is 12.2. The number of amides is 1. The third kappa shape index (κ3) is 4.45. The molecule has 2 aromatic rings. The van der Waals surface area contributed by atoms with Crippen LogP contribution in [0.15, 0.2) is 24.3 Å². The molecule has 1 amide bonds. The van der Waals surface area contributed by atoms with Crippen molar-refractivity contribution in [2.75, 3.05) is 34.0 Å². The highest BCUT2D eigenvalue weighted by Gasteiger charge is 2.24. The molecule has 1 aliphatic rings. The van der Waals surface area contributed by atoms with Gasteiger partial charge < -0.3 is 24.3 Å². The Morgan fingerprint density at radius 2 is 1.86 bits per heavy atom. The van der Waals surface area contributed by atoms with E-state index in [-0.39, 0.29) is 29.3 Å². The fraction of sp³-hybridized carbons (Fsp3) is 0.316. The quantitative estimate of drug-likeness (QED) is 0.539. The number of nitrogens with one attached hydrogen (secondary N) is 1. The molecule has 10 heteroatoms. The van der Waals surface area contributed by atoms with E-state index in [1.54, 1.807) is 12.1 Å². The molecule has 3 rings (SSSR count). The van der Waals surface area contributed by atoms with Gasteiger partial charge in [-0.2, -0.15) is 0 Å². The van der Waals surface area contributed by atoms with Crippen molar-refractivity contribution < 1.29 is 28.7 Å². The van der Waals surface area contributed by atoms with Crippen LogP contribution in [0.5, 0.6) is 23.0 Å². The zero-order valence-corrected chi connectivity index (χ0v) is 16.6. The first-order chi connectivity index (χ1) is 13.9. The highest BCUT2D eigenvalue weighted by atomic mass is 35.5. The first kappa shape index (κ1) is 20.5. The number of carbonyl (C=O) groups excluding carboxylic acids is 1. The molecule has 0 bridgehead atoms. The van der Waals surface area contributed by atoms with Crippen molar-refractivity contribution in [1.29, 1.82) is 0 Å². The molecule has 0 saturated heterocycles. The number of hydrogen-bond donors (Lipinski definition) is 1. The predicted octanol–water partition coefficient (Wildman–Crippen LogP) is 3.01. The van der Waals surface area contributed by atoms with E-state index in [1.165, 1.54) is 20.3 Å². The molecule has 0 unspecified atom stereocenters. The zero-order chi connectivity index (χ0) is 21.0. The summed E-state index contributed by atoms with van der Waals surface area (Å²) in [5.41, 5.74) is 0.344. The van der Waals surface area contributed by atoms with Crippen molar-refractivity contribution in [1.82, 2.24) is 5.32 Å². The Kier molecular flexibility index (Phi) is 6.28. The summed E-state index contributed by atoms with van der Waals surface area (Å²) in [6.45, 7) is 1.11. The van der Waals surface area contributed by atoms with Gasteiger partial charge in [-0.05, 0) is 24.1 Å². The Hall–Kier alpha value is -3.20. The predicted molar refractivity (Wildman–Crippen MR) is 105 cm³/mol. The minimum Gasteiger partial charge on any atom is -0.493 e. The van der Waals surface area contributed by atoms with Gasteiger partial charge in [-0.3, -0.25) is 14.9 Å². The van der Waals surface area contributed by atoms with E-state index >= 15 is 0 Å². The van der Waals surface area contributed by atoms with E-state index in [1.807, 2.05) is 0 Å². The van der Waals surface area contributed by atoms with Crippen LogP contribution >= 0.6 is 11.6 Å². The second kappa shape index (κ2) is 8.87. The van der Waals surface area contributed by atoms with Crippen molar-refractivity contribution in [3.05, 3.63) is 50.5 Å². The lowest BCUT2D eigenvalue weighted by atomic mass is 10.1. The summed E-state index contributed by atoms with van der Waals surface area (Å²) in [4.78, 5) is 23.3. The summed E-state index contributed by atoms with van der Waals surface area (Å²) in [6.07, 6.45) is 0.448. The molecule has 1 aliphatic heterocycles. The van der Waals surface area contributed by atoms with E-state index in [4.69, 9.17) is 30.5 Å². The van der Waals surface area contributed by atoms with Gasteiger partial charge in [0.2, 0.25) is 0 Å². The van der Waals surface area contributed by atoms with Crippen LogP contribution in [0.25, 0.3) is 0 Å². The summed E-state index contributed by atoms with van der Waals surface area (Å²) in [5, 5.41) is 14.5. The molecule has 0 fully saturated rings. The monoisotopic (exact) mass is 422 g/mol. The molecule has 0 saturated carbocycles. The molecule has 2 aromatic carbocycles. The average molecular weight is 423 g/mol. The van der Waals surface area contributed by atoms with E-state index in [2.05, 4.69) is 5.32 Å². The van der Waals surface area contributed by atoms with E-state index in [0.29, 0.717) is 36.2 Å². The van der Waals surface area contributed by atoms with Gasteiger partial charge in [-0.15, -0.1) is 0 Å². The Labute approximate surface area is 171 Å². The fourth-order valence-electron chi connectivity index (χ4n) is 2.93. The zero-order valence-electron chi connectivity index (χ0n) is 15.8. The van der Waals surface area contributed by atoms with E-state index in [0.717, 1.165) is 11.6 Å². The lowest BCUT2D eigenvalue weighted by molar-refractivity contribution is -0.385. The third-order valence-corrected chi connectivity index (χ3v) is 4.58. The first-order valence-corrected chi connectivity index (χ1v) is 9.09. The van der Waals surface area contributed by atoms with Crippen molar-refractivity contribution in [2.24, 2.45) is 0 Å². The minimum absolute atomic E-state index is 0.118. The summed E-state index contributed by atoms with van der Waals surface area (Å²) < 4.78 is 21.2. The molecule has 9 nitrogen and oxygen atoms in total. The number of nitrogens with zero attached hydrogens (tertiary/aromatic N) is 1. The maximum Gasteiger partial charge on any atom is 0.286 e. The number of fused-ring (bicyclic) bond motifs is 1. The number of carbonyl (C=O) groups is 1. The van der Waals surface area contributed by atoms with Gasteiger partial charge in [-0.25, -0.2) is 0 Å². The van der Waals surface area contributed by atoms with Gasteiger partial charge in [0.25, 0.3) is 11.6 Å². The van der Waals surface area contributed by atoms with Gasteiger partial charge in [-0.1, -0.05) is 11.6 Å². The largest absolute Gasteiger partial charge is 0.493 e. The van der Waals surface area contributed by atoms with Crippen LogP contribution in [0, 0.1) is 10.1 Å². The first-order valence-electron chi connectivity index (χ1n) is 8.71. The summed E-state index contributed by atoms with van der Waals surface area (Å²) in [6, 6.07) is 5.98. The summed E-state index contributed by atoms with van der Waals surface area (Å²) in [7, 11) is 2.75. The molecule has 29 heavy (non-hydrogen) atoms. The molecular weight excluding hydrogens is 404 g/mol. The summed E-state index contributed by atoms with van der Waals surface area (Å²) in [5.74, 6) is 0.858.